The topological polar surface area (TPSA) is 39.4 Å². The highest BCUT2D eigenvalue weighted by Gasteiger charge is 2.37. The quantitative estimate of drug-likeness (QED) is 0.738. The van der Waals surface area contributed by atoms with Gasteiger partial charge < -0.3 is 9.15 Å². The van der Waals surface area contributed by atoms with Crippen molar-refractivity contribution in [2.45, 2.75) is 6.18 Å². The maximum Gasteiger partial charge on any atom is 0.449 e. The van der Waals surface area contributed by atoms with Crippen molar-refractivity contribution in [2.24, 2.45) is 0 Å². The number of rotatable bonds is 1. The fourth-order valence-electron chi connectivity index (χ4n) is 0.740. The summed E-state index contributed by atoms with van der Waals surface area (Å²) in [5.74, 6) is -2.71. The maximum atomic E-state index is 12.1. The maximum absolute atomic E-state index is 12.1. The predicted molar refractivity (Wildman–Crippen MR) is 42.7 cm³/mol. The van der Waals surface area contributed by atoms with Crippen LogP contribution in [0.4, 0.5) is 13.2 Å². The van der Waals surface area contributed by atoms with Crippen LogP contribution < -0.4 is 0 Å². The molecule has 14 heavy (non-hydrogen) atoms. The first-order chi connectivity index (χ1) is 6.36. The summed E-state index contributed by atoms with van der Waals surface area (Å²) in [5, 5.41) is 0. The van der Waals surface area contributed by atoms with E-state index < -0.39 is 23.7 Å². The summed E-state index contributed by atoms with van der Waals surface area (Å²) in [5.41, 5.74) is 0. The smallest absolute Gasteiger partial charge is 0.449 e. The largest absolute Gasteiger partial charge is 0.463 e. The monoisotopic (exact) mass is 272 g/mol. The van der Waals surface area contributed by atoms with Crippen molar-refractivity contribution in [3.8, 4) is 0 Å². The van der Waals surface area contributed by atoms with Crippen LogP contribution in [0.1, 0.15) is 16.3 Å². The highest BCUT2D eigenvalue weighted by molar-refractivity contribution is 9.10. The third-order valence-electron chi connectivity index (χ3n) is 1.34. The number of esters is 1. The summed E-state index contributed by atoms with van der Waals surface area (Å²) in [6, 6.07) is 0.673. The molecule has 0 amide bonds. The van der Waals surface area contributed by atoms with E-state index in [0.29, 0.717) is 6.07 Å². The number of methoxy groups -OCH3 is 1. The van der Waals surface area contributed by atoms with Gasteiger partial charge in [-0.3, -0.25) is 0 Å². The van der Waals surface area contributed by atoms with Crippen LogP contribution in [0.15, 0.2) is 15.0 Å². The number of halogens is 4. The Hall–Kier alpha value is -0.980. The number of carbonyl (C=O) groups excluding carboxylic acids is 1. The van der Waals surface area contributed by atoms with Crippen LogP contribution in [0.3, 0.4) is 0 Å². The van der Waals surface area contributed by atoms with Gasteiger partial charge in [-0.15, -0.1) is 0 Å². The van der Waals surface area contributed by atoms with E-state index in [-0.39, 0.29) is 4.47 Å². The molecule has 1 rings (SSSR count). The minimum Gasteiger partial charge on any atom is -0.463 e. The van der Waals surface area contributed by atoms with Crippen molar-refractivity contribution in [1.29, 1.82) is 0 Å². The molecule has 3 nitrogen and oxygen atoms in total. The second-order valence-electron chi connectivity index (χ2n) is 2.28. The molecule has 0 aliphatic heterocycles. The molecular weight excluding hydrogens is 269 g/mol. The standard InChI is InChI=1S/C7H4BrF3O3/c1-13-6(12)5-3(8)2-4(14-5)7(9,10)11/h2H,1H3. The average molecular weight is 273 g/mol. The van der Waals surface area contributed by atoms with Crippen LogP contribution in [-0.2, 0) is 10.9 Å². The van der Waals surface area contributed by atoms with Crippen LogP contribution in [0.25, 0.3) is 0 Å². The zero-order chi connectivity index (χ0) is 10.9. The van der Waals surface area contributed by atoms with Gasteiger partial charge >= 0.3 is 12.1 Å². The van der Waals surface area contributed by atoms with Gasteiger partial charge in [-0.25, -0.2) is 4.79 Å². The van der Waals surface area contributed by atoms with E-state index in [4.69, 9.17) is 0 Å². The molecule has 0 unspecified atom stereocenters. The van der Waals surface area contributed by atoms with Gasteiger partial charge in [0.2, 0.25) is 11.5 Å². The van der Waals surface area contributed by atoms with E-state index >= 15 is 0 Å². The molecule has 0 N–H and O–H groups in total. The number of hydrogen-bond acceptors (Lipinski definition) is 3. The second kappa shape index (κ2) is 3.64. The van der Waals surface area contributed by atoms with Crippen LogP contribution >= 0.6 is 15.9 Å². The summed E-state index contributed by atoms with van der Waals surface area (Å²) in [4.78, 5) is 10.9. The van der Waals surface area contributed by atoms with Crippen molar-refractivity contribution < 1.29 is 27.1 Å². The first-order valence-corrected chi connectivity index (χ1v) is 4.10. The third kappa shape index (κ3) is 2.09. The van der Waals surface area contributed by atoms with Gasteiger partial charge in [-0.2, -0.15) is 13.2 Å². The molecule has 1 aromatic rings. The van der Waals surface area contributed by atoms with Crippen LogP contribution in [0.5, 0.6) is 0 Å². The molecule has 1 heterocycles. The Kier molecular flexibility index (Phi) is 2.89. The molecule has 1 aromatic heterocycles. The lowest BCUT2D eigenvalue weighted by molar-refractivity contribution is -0.153. The summed E-state index contributed by atoms with van der Waals surface area (Å²) < 4.78 is 44.7. The molecular formula is C7H4BrF3O3. The zero-order valence-electron chi connectivity index (χ0n) is 6.81. The first-order valence-electron chi connectivity index (χ1n) is 3.31. The molecule has 0 fully saturated rings. The van der Waals surface area contributed by atoms with Crippen molar-refractivity contribution in [3.05, 3.63) is 22.1 Å². The van der Waals surface area contributed by atoms with Crippen molar-refractivity contribution in [2.75, 3.05) is 7.11 Å². The lowest BCUT2D eigenvalue weighted by Crippen LogP contribution is -2.03. The SMILES string of the molecule is COC(=O)c1oc(C(F)(F)F)cc1Br. The minimum atomic E-state index is -4.62. The molecule has 0 saturated heterocycles. The Morgan fingerprint density at radius 1 is 1.57 bits per heavy atom. The van der Waals surface area contributed by atoms with Crippen molar-refractivity contribution in [3.63, 3.8) is 0 Å². The lowest BCUT2D eigenvalue weighted by Gasteiger charge is -1.99. The van der Waals surface area contributed by atoms with E-state index in [0.717, 1.165) is 7.11 Å². The Bertz CT molecular complexity index is 356. The van der Waals surface area contributed by atoms with Crippen LogP contribution in [0, 0.1) is 0 Å². The molecule has 0 radical (unpaired) electrons. The zero-order valence-corrected chi connectivity index (χ0v) is 8.40. The molecule has 78 valence electrons. The Morgan fingerprint density at radius 3 is 2.50 bits per heavy atom. The molecule has 0 spiro atoms. The Morgan fingerprint density at radius 2 is 2.14 bits per heavy atom. The van der Waals surface area contributed by atoms with Gasteiger partial charge in [-0.1, -0.05) is 0 Å². The summed E-state index contributed by atoms with van der Waals surface area (Å²) >= 11 is 2.76. The highest BCUT2D eigenvalue weighted by atomic mass is 79.9. The number of carbonyl (C=O) groups is 1. The van der Waals surface area contributed by atoms with E-state index in [2.05, 4.69) is 25.1 Å². The van der Waals surface area contributed by atoms with Gasteiger partial charge in [0.15, 0.2) is 0 Å². The third-order valence-corrected chi connectivity index (χ3v) is 1.93. The predicted octanol–water partition coefficient (Wildman–Crippen LogP) is 2.85. The van der Waals surface area contributed by atoms with Crippen LogP contribution in [-0.4, -0.2) is 13.1 Å². The summed E-state index contributed by atoms with van der Waals surface area (Å²) in [7, 11) is 1.05. The highest BCUT2D eigenvalue weighted by Crippen LogP contribution is 2.34. The molecule has 0 saturated carbocycles. The van der Waals surface area contributed by atoms with E-state index in [9.17, 15) is 18.0 Å². The molecule has 0 aliphatic carbocycles. The summed E-state index contributed by atoms with van der Waals surface area (Å²) in [6.07, 6.45) is -4.62. The van der Waals surface area contributed by atoms with Gasteiger partial charge in [0.05, 0.1) is 11.6 Å². The normalized spacial score (nSPS) is 11.5. The number of hydrogen-bond donors (Lipinski definition) is 0. The second-order valence-corrected chi connectivity index (χ2v) is 3.13. The van der Waals surface area contributed by atoms with Gasteiger partial charge in [0, 0.05) is 6.07 Å². The Balaban J connectivity index is 3.12. The van der Waals surface area contributed by atoms with E-state index in [1.165, 1.54) is 0 Å². The van der Waals surface area contributed by atoms with Gasteiger partial charge in [0.25, 0.3) is 0 Å². The molecule has 7 heteroatoms. The lowest BCUT2D eigenvalue weighted by atomic mass is 10.4. The fraction of sp³-hybridized carbons (Fsp3) is 0.286. The first kappa shape index (κ1) is 11.1. The Labute approximate surface area is 85.0 Å². The van der Waals surface area contributed by atoms with E-state index in [1.54, 1.807) is 0 Å². The average Bonchev–Trinajstić information content (AvgIpc) is 2.45. The van der Waals surface area contributed by atoms with Crippen LogP contribution in [0.2, 0.25) is 0 Å². The van der Waals surface area contributed by atoms with Gasteiger partial charge in [0.1, 0.15) is 0 Å². The number of furan rings is 1. The van der Waals surface area contributed by atoms with Crippen molar-refractivity contribution >= 4 is 21.9 Å². The number of ether oxygens (including phenoxy) is 1. The molecule has 0 aliphatic rings. The summed E-state index contributed by atoms with van der Waals surface area (Å²) in [6.45, 7) is 0. The molecule has 0 aromatic carbocycles. The van der Waals surface area contributed by atoms with Crippen molar-refractivity contribution in [1.82, 2.24) is 0 Å². The van der Waals surface area contributed by atoms with Gasteiger partial charge in [-0.05, 0) is 15.9 Å². The minimum absolute atomic E-state index is 0.0864. The molecule has 0 bridgehead atoms. The van der Waals surface area contributed by atoms with E-state index in [1.807, 2.05) is 0 Å². The number of alkyl halides is 3. The molecule has 0 atom stereocenters. The fourth-order valence-corrected chi connectivity index (χ4v) is 1.19.